The maximum absolute atomic E-state index is 12.8. The van der Waals surface area contributed by atoms with Crippen molar-refractivity contribution in [3.8, 4) is 0 Å². The van der Waals surface area contributed by atoms with E-state index in [1.165, 1.54) is 6.07 Å². The summed E-state index contributed by atoms with van der Waals surface area (Å²) in [7, 11) is 1.61. The summed E-state index contributed by atoms with van der Waals surface area (Å²) < 4.78 is 5.21. The minimum atomic E-state index is -0.604. The van der Waals surface area contributed by atoms with Crippen LogP contribution in [-0.4, -0.2) is 53.6 Å². The maximum atomic E-state index is 12.8. The number of benzene rings is 1. The van der Waals surface area contributed by atoms with Crippen LogP contribution in [0.25, 0.3) is 0 Å². The van der Waals surface area contributed by atoms with Gasteiger partial charge >= 0.3 is 6.09 Å². The van der Waals surface area contributed by atoms with Gasteiger partial charge < -0.3 is 20.3 Å². The van der Waals surface area contributed by atoms with E-state index in [0.29, 0.717) is 30.8 Å². The van der Waals surface area contributed by atoms with E-state index >= 15 is 0 Å². The maximum Gasteiger partial charge on any atom is 0.407 e. The van der Waals surface area contributed by atoms with Crippen molar-refractivity contribution in [3.05, 3.63) is 33.4 Å². The molecule has 1 aliphatic rings. The van der Waals surface area contributed by atoms with Gasteiger partial charge in [0.05, 0.1) is 4.92 Å². The largest absolute Gasteiger partial charge is 0.444 e. The fraction of sp³-hybridized carbons (Fsp3) is 0.556. The fourth-order valence-electron chi connectivity index (χ4n) is 2.98. The highest BCUT2D eigenvalue weighted by Gasteiger charge is 2.29. The van der Waals surface area contributed by atoms with Gasteiger partial charge in [-0.15, -0.1) is 0 Å². The van der Waals surface area contributed by atoms with Crippen LogP contribution >= 0.6 is 0 Å². The molecule has 0 radical (unpaired) electrons. The van der Waals surface area contributed by atoms with Gasteiger partial charge in [-0.25, -0.2) is 4.79 Å². The normalized spacial score (nSPS) is 15.0. The molecule has 1 aromatic rings. The van der Waals surface area contributed by atoms with Crippen molar-refractivity contribution in [1.29, 1.82) is 0 Å². The first-order valence-corrected chi connectivity index (χ1v) is 8.79. The van der Waals surface area contributed by atoms with E-state index in [0.717, 1.165) is 5.56 Å². The number of carbonyl (C=O) groups excluding carboxylic acids is 2. The van der Waals surface area contributed by atoms with E-state index in [2.05, 4.69) is 10.6 Å². The first-order valence-electron chi connectivity index (χ1n) is 8.79. The van der Waals surface area contributed by atoms with E-state index in [1.807, 2.05) is 0 Å². The van der Waals surface area contributed by atoms with Crippen LogP contribution in [0.4, 0.5) is 16.2 Å². The topological polar surface area (TPSA) is 114 Å². The third-order valence-electron chi connectivity index (χ3n) is 4.11. The number of alkyl carbamates (subject to hydrolysis) is 1. The van der Waals surface area contributed by atoms with Crippen molar-refractivity contribution in [3.63, 3.8) is 0 Å². The monoisotopic (exact) mass is 378 g/mol. The van der Waals surface area contributed by atoms with Crippen LogP contribution in [-0.2, 0) is 11.2 Å². The Kier molecular flexibility index (Phi) is 5.92. The number of hydrogen-bond donors (Lipinski definition) is 2. The first kappa shape index (κ1) is 20.5. The summed E-state index contributed by atoms with van der Waals surface area (Å²) in [6.45, 7) is 7.86. The van der Waals surface area contributed by atoms with E-state index < -0.39 is 16.6 Å². The molecule has 0 saturated carbocycles. The molecule has 0 aromatic heterocycles. The van der Waals surface area contributed by atoms with E-state index in [4.69, 9.17) is 4.74 Å². The molecule has 9 nitrogen and oxygen atoms in total. The van der Waals surface area contributed by atoms with Gasteiger partial charge in [-0.05, 0) is 45.7 Å². The van der Waals surface area contributed by atoms with Crippen molar-refractivity contribution in [1.82, 2.24) is 10.2 Å². The highest BCUT2D eigenvalue weighted by molar-refractivity contribution is 5.98. The van der Waals surface area contributed by atoms with Crippen LogP contribution in [0.3, 0.4) is 0 Å². The number of rotatable bonds is 5. The standard InChI is InChI=1S/C18H26N4O5/c1-11(20-17(24)27-18(2,3)4)10-21-7-6-12-8-14(19-5)15(22(25)26)9-13(12)16(21)23/h8-9,11,19H,6-7,10H2,1-5H3,(H,20,24)/t11-/m1/s1. The molecular weight excluding hydrogens is 352 g/mol. The Balaban J connectivity index is 2.11. The second-order valence-electron chi connectivity index (χ2n) is 7.58. The molecule has 0 spiro atoms. The van der Waals surface area contributed by atoms with Gasteiger partial charge in [-0.1, -0.05) is 0 Å². The van der Waals surface area contributed by atoms with Crippen molar-refractivity contribution in [2.24, 2.45) is 0 Å². The second kappa shape index (κ2) is 7.81. The molecule has 1 atom stereocenters. The SMILES string of the molecule is CNc1cc2c(cc1[N+](=O)[O-])C(=O)N(C[C@@H](C)NC(=O)OC(C)(C)C)CC2. The van der Waals surface area contributed by atoms with Crippen LogP contribution < -0.4 is 10.6 Å². The molecule has 0 bridgehead atoms. The fourth-order valence-corrected chi connectivity index (χ4v) is 2.98. The number of nitrogens with zero attached hydrogens (tertiary/aromatic N) is 2. The van der Waals surface area contributed by atoms with Crippen LogP contribution in [0.1, 0.15) is 43.6 Å². The van der Waals surface area contributed by atoms with Crippen LogP contribution in [0.5, 0.6) is 0 Å². The average Bonchev–Trinajstić information content (AvgIpc) is 2.54. The number of amides is 2. The van der Waals surface area contributed by atoms with Crippen molar-refractivity contribution in [2.75, 3.05) is 25.5 Å². The number of fused-ring (bicyclic) bond motifs is 1. The summed E-state index contributed by atoms with van der Waals surface area (Å²) >= 11 is 0. The Morgan fingerprint density at radius 3 is 2.63 bits per heavy atom. The first-order chi connectivity index (χ1) is 12.5. The lowest BCUT2D eigenvalue weighted by Gasteiger charge is -2.31. The molecular formula is C18H26N4O5. The lowest BCUT2D eigenvalue weighted by molar-refractivity contribution is -0.384. The Morgan fingerprint density at radius 2 is 2.07 bits per heavy atom. The molecule has 1 aromatic carbocycles. The molecule has 2 rings (SSSR count). The molecule has 2 N–H and O–H groups in total. The van der Waals surface area contributed by atoms with Gasteiger partial charge in [0.1, 0.15) is 11.3 Å². The average molecular weight is 378 g/mol. The Bertz CT molecular complexity index is 757. The summed E-state index contributed by atoms with van der Waals surface area (Å²) in [5.74, 6) is -0.278. The molecule has 27 heavy (non-hydrogen) atoms. The second-order valence-corrected chi connectivity index (χ2v) is 7.58. The smallest absolute Gasteiger partial charge is 0.407 e. The highest BCUT2D eigenvalue weighted by atomic mass is 16.6. The minimum Gasteiger partial charge on any atom is -0.444 e. The number of nitro groups is 1. The molecule has 148 valence electrons. The third-order valence-corrected chi connectivity index (χ3v) is 4.11. The molecule has 0 unspecified atom stereocenters. The molecule has 2 amide bonds. The minimum absolute atomic E-state index is 0.133. The molecule has 0 saturated heterocycles. The van der Waals surface area contributed by atoms with E-state index in [9.17, 15) is 19.7 Å². The van der Waals surface area contributed by atoms with Gasteiger partial charge in [0.15, 0.2) is 0 Å². The summed E-state index contributed by atoms with van der Waals surface area (Å²) in [5.41, 5.74) is 0.759. The number of nitrogens with one attached hydrogen (secondary N) is 2. The lowest BCUT2D eigenvalue weighted by Crippen LogP contribution is -2.47. The number of nitro benzene ring substituents is 1. The van der Waals surface area contributed by atoms with Gasteiger partial charge in [-0.2, -0.15) is 0 Å². The molecule has 9 heteroatoms. The van der Waals surface area contributed by atoms with Gasteiger partial charge in [0, 0.05) is 37.8 Å². The third kappa shape index (κ3) is 5.08. The highest BCUT2D eigenvalue weighted by Crippen LogP contribution is 2.31. The van der Waals surface area contributed by atoms with E-state index in [-0.39, 0.29) is 17.6 Å². The van der Waals surface area contributed by atoms with Gasteiger partial charge in [0.25, 0.3) is 11.6 Å². The van der Waals surface area contributed by atoms with Crippen molar-refractivity contribution >= 4 is 23.4 Å². The lowest BCUT2D eigenvalue weighted by atomic mass is 9.97. The molecule has 1 heterocycles. The molecule has 0 aliphatic carbocycles. The quantitative estimate of drug-likeness (QED) is 0.601. The zero-order valence-corrected chi connectivity index (χ0v) is 16.3. The number of hydrogen-bond acceptors (Lipinski definition) is 6. The molecule has 1 aliphatic heterocycles. The summed E-state index contributed by atoms with van der Waals surface area (Å²) in [6, 6.07) is 2.66. The Morgan fingerprint density at radius 1 is 1.41 bits per heavy atom. The predicted molar refractivity (Wildman–Crippen MR) is 101 cm³/mol. The zero-order chi connectivity index (χ0) is 20.4. The predicted octanol–water partition coefficient (Wildman–Crippen LogP) is 2.55. The van der Waals surface area contributed by atoms with E-state index in [1.54, 1.807) is 45.7 Å². The number of ether oxygens (including phenoxy) is 1. The molecule has 0 fully saturated rings. The summed E-state index contributed by atoms with van der Waals surface area (Å²) in [4.78, 5) is 37.0. The van der Waals surface area contributed by atoms with Crippen molar-refractivity contribution < 1.29 is 19.2 Å². The number of carbonyl (C=O) groups is 2. The number of anilines is 1. The summed E-state index contributed by atoms with van der Waals surface area (Å²) in [5, 5.41) is 16.7. The van der Waals surface area contributed by atoms with Crippen LogP contribution in [0.15, 0.2) is 12.1 Å². The Labute approximate surface area is 158 Å². The summed E-state index contributed by atoms with van der Waals surface area (Å²) in [6.07, 6.45) is 0.0431. The van der Waals surface area contributed by atoms with Crippen LogP contribution in [0, 0.1) is 10.1 Å². The Hall–Kier alpha value is -2.84. The van der Waals surface area contributed by atoms with Crippen LogP contribution in [0.2, 0.25) is 0 Å². The van der Waals surface area contributed by atoms with Crippen molar-refractivity contribution in [2.45, 2.75) is 45.8 Å². The zero-order valence-electron chi connectivity index (χ0n) is 16.3. The van der Waals surface area contributed by atoms with Gasteiger partial charge in [-0.3, -0.25) is 14.9 Å². The van der Waals surface area contributed by atoms with Gasteiger partial charge in [0.2, 0.25) is 0 Å².